The summed E-state index contributed by atoms with van der Waals surface area (Å²) >= 11 is 0. The molecule has 0 saturated heterocycles. The van der Waals surface area contributed by atoms with Crippen LogP contribution in [-0.2, 0) is 9.63 Å². The van der Waals surface area contributed by atoms with Crippen LogP contribution in [0.2, 0.25) is 0 Å². The maximum absolute atomic E-state index is 10.7. The Kier molecular flexibility index (Phi) is 2.99. The molecule has 0 radical (unpaired) electrons. The van der Waals surface area contributed by atoms with Crippen LogP contribution < -0.4 is 4.90 Å². The number of hydrogen-bond acceptors (Lipinski definition) is 4. The first kappa shape index (κ1) is 11.4. The number of benzene rings is 1. The first-order chi connectivity index (χ1) is 8.08. The fourth-order valence-electron chi connectivity index (χ4n) is 1.63. The number of carboxylic acids is 1. The van der Waals surface area contributed by atoms with E-state index >= 15 is 0 Å². The minimum Gasteiger partial charge on any atom is -0.478 e. The Morgan fingerprint density at radius 1 is 1.41 bits per heavy atom. The number of oxime groups is 1. The second-order valence-corrected chi connectivity index (χ2v) is 4.12. The van der Waals surface area contributed by atoms with Crippen molar-refractivity contribution in [2.75, 3.05) is 19.0 Å². The zero-order valence-corrected chi connectivity index (χ0v) is 9.75. The van der Waals surface area contributed by atoms with E-state index in [0.717, 1.165) is 11.3 Å². The van der Waals surface area contributed by atoms with Crippen molar-refractivity contribution in [3.05, 3.63) is 29.8 Å². The average molecular weight is 234 g/mol. The first-order valence-electron chi connectivity index (χ1n) is 5.31. The van der Waals surface area contributed by atoms with Gasteiger partial charge in [-0.25, -0.2) is 4.79 Å². The highest BCUT2D eigenvalue weighted by molar-refractivity contribution is 6.03. The topological polar surface area (TPSA) is 62.1 Å². The van der Waals surface area contributed by atoms with Crippen LogP contribution in [0, 0.1) is 0 Å². The number of nitrogens with zero attached hydrogens (tertiary/aromatic N) is 2. The number of carbonyl (C=O) groups is 1. The summed E-state index contributed by atoms with van der Waals surface area (Å²) < 4.78 is 0. The van der Waals surface area contributed by atoms with E-state index in [-0.39, 0.29) is 0 Å². The molecule has 1 aromatic rings. The van der Waals surface area contributed by atoms with Gasteiger partial charge in [0.2, 0.25) is 6.10 Å². The third-order valence-corrected chi connectivity index (χ3v) is 2.66. The summed E-state index contributed by atoms with van der Waals surface area (Å²) in [5.41, 5.74) is 2.67. The molecule has 1 heterocycles. The van der Waals surface area contributed by atoms with Gasteiger partial charge in [-0.3, -0.25) is 0 Å². The summed E-state index contributed by atoms with van der Waals surface area (Å²) in [4.78, 5) is 17.6. The lowest BCUT2D eigenvalue weighted by atomic mass is 10.0. The Morgan fingerprint density at radius 2 is 2.06 bits per heavy atom. The molecule has 1 atom stereocenters. The van der Waals surface area contributed by atoms with Crippen molar-refractivity contribution in [3.63, 3.8) is 0 Å². The van der Waals surface area contributed by atoms with E-state index in [1.807, 2.05) is 43.3 Å². The Hall–Kier alpha value is -2.04. The van der Waals surface area contributed by atoms with Gasteiger partial charge < -0.3 is 14.8 Å². The van der Waals surface area contributed by atoms with Gasteiger partial charge in [0.15, 0.2) is 0 Å². The quantitative estimate of drug-likeness (QED) is 0.857. The van der Waals surface area contributed by atoms with E-state index in [1.165, 1.54) is 0 Å². The third kappa shape index (κ3) is 2.38. The molecule has 0 spiro atoms. The van der Waals surface area contributed by atoms with Crippen molar-refractivity contribution in [3.8, 4) is 0 Å². The predicted octanol–water partition coefficient (Wildman–Crippen LogP) is 1.33. The lowest BCUT2D eigenvalue weighted by Crippen LogP contribution is -2.19. The van der Waals surface area contributed by atoms with Gasteiger partial charge >= 0.3 is 5.97 Å². The molecule has 0 saturated carbocycles. The largest absolute Gasteiger partial charge is 0.478 e. The van der Waals surface area contributed by atoms with E-state index in [0.29, 0.717) is 12.1 Å². The molecule has 90 valence electrons. The number of rotatable bonds is 3. The molecule has 1 aliphatic rings. The second-order valence-electron chi connectivity index (χ2n) is 4.12. The molecule has 1 aromatic carbocycles. The van der Waals surface area contributed by atoms with Gasteiger partial charge in [0.25, 0.3) is 0 Å². The number of aliphatic carboxylic acids is 1. The summed E-state index contributed by atoms with van der Waals surface area (Å²) in [6.07, 6.45) is -0.532. The Bertz CT molecular complexity index is 451. The lowest BCUT2D eigenvalue weighted by Gasteiger charge is -2.12. The fourth-order valence-corrected chi connectivity index (χ4v) is 1.63. The van der Waals surface area contributed by atoms with E-state index in [1.54, 1.807) is 0 Å². The van der Waals surface area contributed by atoms with E-state index < -0.39 is 12.1 Å². The summed E-state index contributed by atoms with van der Waals surface area (Å²) in [5, 5.41) is 12.6. The van der Waals surface area contributed by atoms with Gasteiger partial charge in [-0.15, -0.1) is 0 Å². The van der Waals surface area contributed by atoms with Crippen LogP contribution in [0.15, 0.2) is 29.4 Å². The smallest absolute Gasteiger partial charge is 0.348 e. The highest BCUT2D eigenvalue weighted by Crippen LogP contribution is 2.19. The summed E-state index contributed by atoms with van der Waals surface area (Å²) in [6.45, 7) is 0. The number of hydrogen-bond donors (Lipinski definition) is 1. The van der Waals surface area contributed by atoms with Gasteiger partial charge in [0.05, 0.1) is 5.71 Å². The van der Waals surface area contributed by atoms with E-state index in [2.05, 4.69) is 5.16 Å². The molecule has 2 rings (SSSR count). The SMILES string of the molecule is CN(C)c1ccc(C2=NOC(C(=O)O)C2)cc1. The number of carboxylic acid groups (broad SMARTS) is 1. The molecule has 17 heavy (non-hydrogen) atoms. The molecule has 0 amide bonds. The van der Waals surface area contributed by atoms with E-state index in [4.69, 9.17) is 9.94 Å². The minimum atomic E-state index is -0.978. The third-order valence-electron chi connectivity index (χ3n) is 2.66. The second kappa shape index (κ2) is 4.45. The maximum atomic E-state index is 10.7. The Morgan fingerprint density at radius 3 is 2.53 bits per heavy atom. The predicted molar refractivity (Wildman–Crippen MR) is 64.4 cm³/mol. The van der Waals surface area contributed by atoms with Crippen molar-refractivity contribution < 1.29 is 14.7 Å². The molecule has 0 aromatic heterocycles. The Balaban J connectivity index is 2.12. The maximum Gasteiger partial charge on any atom is 0.348 e. The van der Waals surface area contributed by atoms with Crippen LogP contribution in [0.25, 0.3) is 0 Å². The van der Waals surface area contributed by atoms with Crippen LogP contribution in [0.3, 0.4) is 0 Å². The molecule has 0 fully saturated rings. The molecule has 1 aliphatic heterocycles. The minimum absolute atomic E-state index is 0.316. The standard InChI is InChI=1S/C12H14N2O3/c1-14(2)9-5-3-8(4-6-9)10-7-11(12(15)16)17-13-10/h3-6,11H,7H2,1-2H3,(H,15,16). The van der Waals surface area contributed by atoms with Crippen molar-refractivity contribution >= 4 is 17.4 Å². The molecule has 1 unspecified atom stereocenters. The van der Waals surface area contributed by atoms with Crippen LogP contribution >= 0.6 is 0 Å². The zero-order chi connectivity index (χ0) is 12.4. The van der Waals surface area contributed by atoms with Crippen molar-refractivity contribution in [2.45, 2.75) is 12.5 Å². The van der Waals surface area contributed by atoms with Gasteiger partial charge in [0.1, 0.15) is 0 Å². The molecule has 5 heteroatoms. The number of anilines is 1. The zero-order valence-electron chi connectivity index (χ0n) is 9.75. The summed E-state index contributed by atoms with van der Waals surface area (Å²) in [5.74, 6) is -0.978. The van der Waals surface area contributed by atoms with Gasteiger partial charge in [-0.05, 0) is 17.7 Å². The van der Waals surface area contributed by atoms with Crippen LogP contribution in [0.5, 0.6) is 0 Å². The Labute approximate surface area is 99.3 Å². The van der Waals surface area contributed by atoms with Crippen LogP contribution in [-0.4, -0.2) is 37.0 Å². The first-order valence-corrected chi connectivity index (χ1v) is 5.31. The molecular weight excluding hydrogens is 220 g/mol. The highest BCUT2D eigenvalue weighted by atomic mass is 16.7. The van der Waals surface area contributed by atoms with Crippen molar-refractivity contribution in [1.82, 2.24) is 0 Å². The molecule has 0 aliphatic carbocycles. The van der Waals surface area contributed by atoms with Crippen LogP contribution in [0.1, 0.15) is 12.0 Å². The highest BCUT2D eigenvalue weighted by Gasteiger charge is 2.28. The monoisotopic (exact) mass is 234 g/mol. The molecular formula is C12H14N2O3. The van der Waals surface area contributed by atoms with Crippen molar-refractivity contribution in [2.24, 2.45) is 5.16 Å². The summed E-state index contributed by atoms with van der Waals surface area (Å²) in [7, 11) is 3.93. The molecule has 5 nitrogen and oxygen atoms in total. The van der Waals surface area contributed by atoms with Crippen molar-refractivity contribution in [1.29, 1.82) is 0 Å². The normalized spacial score (nSPS) is 18.5. The lowest BCUT2D eigenvalue weighted by molar-refractivity contribution is -0.148. The van der Waals surface area contributed by atoms with Gasteiger partial charge in [-0.2, -0.15) is 0 Å². The van der Waals surface area contributed by atoms with Gasteiger partial charge in [0, 0.05) is 26.2 Å². The van der Waals surface area contributed by atoms with E-state index in [9.17, 15) is 4.79 Å². The average Bonchev–Trinajstić information content (AvgIpc) is 2.78. The summed E-state index contributed by atoms with van der Waals surface area (Å²) in [6, 6.07) is 7.77. The van der Waals surface area contributed by atoms with Crippen LogP contribution in [0.4, 0.5) is 5.69 Å². The molecule has 0 bridgehead atoms. The molecule has 1 N–H and O–H groups in total. The fraction of sp³-hybridized carbons (Fsp3) is 0.333. The van der Waals surface area contributed by atoms with Gasteiger partial charge in [-0.1, -0.05) is 17.3 Å².